The minimum absolute atomic E-state index is 0.0939. The van der Waals surface area contributed by atoms with Gasteiger partial charge in [-0.15, -0.1) is 0 Å². The summed E-state index contributed by atoms with van der Waals surface area (Å²) in [7, 11) is 0. The van der Waals surface area contributed by atoms with E-state index in [0.29, 0.717) is 22.2 Å². The SMILES string of the molecule is O=C(NCCc1c[nH]c2ccc(Cl)cc12)c1ccc(-c2ccccc2Cl)cc1. The zero-order chi connectivity index (χ0) is 19.5. The van der Waals surface area contributed by atoms with Crippen LogP contribution in [0.3, 0.4) is 0 Å². The lowest BCUT2D eigenvalue weighted by Crippen LogP contribution is -2.25. The summed E-state index contributed by atoms with van der Waals surface area (Å²) < 4.78 is 0. The Kier molecular flexibility index (Phi) is 5.38. The fraction of sp³-hybridized carbons (Fsp3) is 0.0870. The fourth-order valence-electron chi connectivity index (χ4n) is 3.27. The van der Waals surface area contributed by atoms with Crippen molar-refractivity contribution in [3.63, 3.8) is 0 Å². The number of carbonyl (C=O) groups excluding carboxylic acids is 1. The Morgan fingerprint density at radius 3 is 2.54 bits per heavy atom. The van der Waals surface area contributed by atoms with Gasteiger partial charge in [0.1, 0.15) is 0 Å². The summed E-state index contributed by atoms with van der Waals surface area (Å²) in [5.74, 6) is -0.0939. The first-order valence-electron chi connectivity index (χ1n) is 9.00. The van der Waals surface area contributed by atoms with Crippen LogP contribution in [0.25, 0.3) is 22.0 Å². The highest BCUT2D eigenvalue weighted by Gasteiger charge is 2.09. The standard InChI is InChI=1S/C23H18Cl2N2O/c24-18-9-10-22-20(13-18)17(14-27-22)11-12-26-23(28)16-7-5-15(6-8-16)19-3-1-2-4-21(19)25/h1-10,13-14,27H,11-12H2,(H,26,28). The third-order valence-corrected chi connectivity index (χ3v) is 5.31. The second kappa shape index (κ2) is 8.09. The number of H-pyrrole nitrogens is 1. The van der Waals surface area contributed by atoms with Crippen LogP contribution in [-0.4, -0.2) is 17.4 Å². The van der Waals surface area contributed by atoms with E-state index < -0.39 is 0 Å². The van der Waals surface area contributed by atoms with Crippen molar-refractivity contribution < 1.29 is 4.79 Å². The highest BCUT2D eigenvalue weighted by molar-refractivity contribution is 6.33. The lowest BCUT2D eigenvalue weighted by atomic mass is 10.0. The van der Waals surface area contributed by atoms with Crippen molar-refractivity contribution in [1.82, 2.24) is 10.3 Å². The van der Waals surface area contributed by atoms with Gasteiger partial charge < -0.3 is 10.3 Å². The lowest BCUT2D eigenvalue weighted by molar-refractivity contribution is 0.0954. The van der Waals surface area contributed by atoms with Crippen molar-refractivity contribution in [2.75, 3.05) is 6.54 Å². The molecule has 0 saturated heterocycles. The van der Waals surface area contributed by atoms with Gasteiger partial charge in [-0.25, -0.2) is 0 Å². The van der Waals surface area contributed by atoms with E-state index in [1.165, 1.54) is 0 Å². The Bertz CT molecular complexity index is 1130. The predicted octanol–water partition coefficient (Wildman–Crippen LogP) is 6.11. The first-order chi connectivity index (χ1) is 13.6. The predicted molar refractivity (Wildman–Crippen MR) is 116 cm³/mol. The van der Waals surface area contributed by atoms with E-state index in [-0.39, 0.29) is 5.91 Å². The van der Waals surface area contributed by atoms with Gasteiger partial charge in [0.05, 0.1) is 0 Å². The lowest BCUT2D eigenvalue weighted by Gasteiger charge is -2.07. The summed E-state index contributed by atoms with van der Waals surface area (Å²) in [5, 5.41) is 5.46. The number of nitrogens with one attached hydrogen (secondary N) is 2. The van der Waals surface area contributed by atoms with Gasteiger partial charge in [0.25, 0.3) is 5.91 Å². The van der Waals surface area contributed by atoms with E-state index >= 15 is 0 Å². The number of amides is 1. The smallest absolute Gasteiger partial charge is 0.251 e. The third-order valence-electron chi connectivity index (χ3n) is 4.74. The van der Waals surface area contributed by atoms with Gasteiger partial charge in [0, 0.05) is 44.8 Å². The van der Waals surface area contributed by atoms with Crippen molar-refractivity contribution in [3.05, 3.63) is 94.1 Å². The largest absolute Gasteiger partial charge is 0.361 e. The van der Waals surface area contributed by atoms with Crippen LogP contribution in [0.1, 0.15) is 15.9 Å². The van der Waals surface area contributed by atoms with E-state index in [2.05, 4.69) is 10.3 Å². The molecule has 0 aliphatic rings. The van der Waals surface area contributed by atoms with Crippen LogP contribution in [0.15, 0.2) is 72.9 Å². The summed E-state index contributed by atoms with van der Waals surface area (Å²) in [6, 6.07) is 20.9. The Hall–Kier alpha value is -2.75. The molecule has 0 atom stereocenters. The number of aromatic amines is 1. The Balaban J connectivity index is 1.40. The summed E-state index contributed by atoms with van der Waals surface area (Å²) in [5.41, 5.74) is 4.73. The van der Waals surface area contributed by atoms with Crippen molar-refractivity contribution in [3.8, 4) is 11.1 Å². The zero-order valence-corrected chi connectivity index (χ0v) is 16.5. The van der Waals surface area contributed by atoms with Gasteiger partial charge in [0.2, 0.25) is 0 Å². The van der Waals surface area contributed by atoms with E-state index in [1.807, 2.05) is 72.9 Å². The maximum atomic E-state index is 12.4. The quantitative estimate of drug-likeness (QED) is 0.410. The van der Waals surface area contributed by atoms with Crippen molar-refractivity contribution in [2.24, 2.45) is 0 Å². The van der Waals surface area contributed by atoms with Crippen LogP contribution >= 0.6 is 23.2 Å². The highest BCUT2D eigenvalue weighted by atomic mass is 35.5. The molecule has 0 bridgehead atoms. The van der Waals surface area contributed by atoms with Crippen LogP contribution in [0.2, 0.25) is 10.0 Å². The molecule has 1 heterocycles. The van der Waals surface area contributed by atoms with Crippen molar-refractivity contribution in [1.29, 1.82) is 0 Å². The number of carbonyl (C=O) groups is 1. The number of hydrogen-bond acceptors (Lipinski definition) is 1. The summed E-state index contributed by atoms with van der Waals surface area (Å²) >= 11 is 12.3. The van der Waals surface area contributed by atoms with Crippen molar-refractivity contribution >= 4 is 40.0 Å². The van der Waals surface area contributed by atoms with Gasteiger partial charge in [-0.05, 0) is 53.9 Å². The molecule has 2 N–H and O–H groups in total. The number of rotatable bonds is 5. The first-order valence-corrected chi connectivity index (χ1v) is 9.76. The van der Waals surface area contributed by atoms with E-state index in [0.717, 1.165) is 34.0 Å². The molecule has 1 amide bonds. The molecule has 1 aromatic heterocycles. The van der Waals surface area contributed by atoms with Crippen LogP contribution in [0.4, 0.5) is 0 Å². The summed E-state index contributed by atoms with van der Waals surface area (Å²) in [6.07, 6.45) is 2.69. The van der Waals surface area contributed by atoms with Crippen LogP contribution in [0.5, 0.6) is 0 Å². The molecule has 4 rings (SSSR count). The Morgan fingerprint density at radius 1 is 0.964 bits per heavy atom. The van der Waals surface area contributed by atoms with E-state index in [9.17, 15) is 4.79 Å². The summed E-state index contributed by atoms with van der Waals surface area (Å²) in [4.78, 5) is 15.7. The average Bonchev–Trinajstić information content (AvgIpc) is 3.10. The molecule has 4 aromatic rings. The molecule has 3 nitrogen and oxygen atoms in total. The average molecular weight is 409 g/mol. The second-order valence-corrected chi connectivity index (χ2v) is 7.41. The molecule has 3 aromatic carbocycles. The van der Waals surface area contributed by atoms with E-state index in [1.54, 1.807) is 0 Å². The molecule has 0 aliphatic heterocycles. The highest BCUT2D eigenvalue weighted by Crippen LogP contribution is 2.27. The number of halogens is 2. The molecule has 0 spiro atoms. The molecule has 0 unspecified atom stereocenters. The minimum Gasteiger partial charge on any atom is -0.361 e. The molecule has 0 fully saturated rings. The van der Waals surface area contributed by atoms with Gasteiger partial charge >= 0.3 is 0 Å². The van der Waals surface area contributed by atoms with Gasteiger partial charge in [-0.2, -0.15) is 0 Å². The molecule has 28 heavy (non-hydrogen) atoms. The molecule has 0 radical (unpaired) electrons. The topological polar surface area (TPSA) is 44.9 Å². The third kappa shape index (κ3) is 3.91. The minimum atomic E-state index is -0.0939. The van der Waals surface area contributed by atoms with Gasteiger partial charge in [-0.1, -0.05) is 53.5 Å². The maximum absolute atomic E-state index is 12.4. The monoisotopic (exact) mass is 408 g/mol. The number of fused-ring (bicyclic) bond motifs is 1. The molecular weight excluding hydrogens is 391 g/mol. The number of benzene rings is 3. The van der Waals surface area contributed by atoms with Gasteiger partial charge in [0.15, 0.2) is 0 Å². The number of hydrogen-bond donors (Lipinski definition) is 2. The Labute approximate surface area is 173 Å². The molecular formula is C23H18Cl2N2O. The summed E-state index contributed by atoms with van der Waals surface area (Å²) in [6.45, 7) is 0.546. The molecule has 0 aliphatic carbocycles. The van der Waals surface area contributed by atoms with Gasteiger partial charge in [-0.3, -0.25) is 4.79 Å². The first kappa shape index (κ1) is 18.6. The van der Waals surface area contributed by atoms with Crippen LogP contribution in [-0.2, 0) is 6.42 Å². The fourth-order valence-corrected chi connectivity index (χ4v) is 3.68. The number of aromatic nitrogens is 1. The molecule has 140 valence electrons. The maximum Gasteiger partial charge on any atom is 0.251 e. The normalized spacial score (nSPS) is 10.9. The second-order valence-electron chi connectivity index (χ2n) is 6.57. The van der Waals surface area contributed by atoms with Crippen LogP contribution in [0, 0.1) is 0 Å². The van der Waals surface area contributed by atoms with Crippen LogP contribution < -0.4 is 5.32 Å². The van der Waals surface area contributed by atoms with E-state index in [4.69, 9.17) is 23.2 Å². The molecule has 0 saturated carbocycles. The Morgan fingerprint density at radius 2 is 1.75 bits per heavy atom. The molecule has 5 heteroatoms. The van der Waals surface area contributed by atoms with Crippen molar-refractivity contribution in [2.45, 2.75) is 6.42 Å². The zero-order valence-electron chi connectivity index (χ0n) is 15.0.